The second-order valence-corrected chi connectivity index (χ2v) is 8.02. The van der Waals surface area contributed by atoms with Crippen molar-refractivity contribution >= 4 is 45.8 Å². The fourth-order valence-electron chi connectivity index (χ4n) is 2.79. The number of carbonyl (C=O) groups is 3. The van der Waals surface area contributed by atoms with Crippen LogP contribution in [-0.2, 0) is 20.8 Å². The van der Waals surface area contributed by atoms with Crippen LogP contribution in [-0.4, -0.2) is 40.8 Å². The average Bonchev–Trinajstić information content (AvgIpc) is 3.15. The Bertz CT molecular complexity index is 951. The van der Waals surface area contributed by atoms with Gasteiger partial charge in [-0.2, -0.15) is 5.10 Å². The number of hydrogen-bond donors (Lipinski definition) is 1. The van der Waals surface area contributed by atoms with Crippen molar-refractivity contribution < 1.29 is 23.9 Å². The lowest BCUT2D eigenvalue weighted by Gasteiger charge is -2.08. The molecule has 0 aliphatic rings. The van der Waals surface area contributed by atoms with Gasteiger partial charge in [0.2, 0.25) is 5.91 Å². The molecule has 2 aromatic rings. The van der Waals surface area contributed by atoms with Gasteiger partial charge in [-0.15, -0.1) is 11.3 Å². The van der Waals surface area contributed by atoms with Gasteiger partial charge in [0.1, 0.15) is 9.88 Å². The van der Waals surface area contributed by atoms with Crippen molar-refractivity contribution in [2.75, 3.05) is 18.5 Å². The van der Waals surface area contributed by atoms with Crippen LogP contribution in [0.3, 0.4) is 0 Å². The molecule has 0 atom stereocenters. The van der Waals surface area contributed by atoms with Crippen LogP contribution in [0, 0.1) is 20.8 Å². The number of carbonyl (C=O) groups excluding carboxylic acids is 3. The molecule has 0 saturated heterocycles. The first-order valence-corrected chi connectivity index (χ1v) is 10.9. The average molecular weight is 456 g/mol. The van der Waals surface area contributed by atoms with Crippen LogP contribution in [0.2, 0.25) is 5.02 Å². The van der Waals surface area contributed by atoms with E-state index < -0.39 is 11.9 Å². The highest BCUT2D eigenvalue weighted by Crippen LogP contribution is 2.34. The molecule has 2 aromatic heterocycles. The van der Waals surface area contributed by atoms with Crippen molar-refractivity contribution in [2.45, 2.75) is 54.0 Å². The Kier molecular flexibility index (Phi) is 8.43. The van der Waals surface area contributed by atoms with E-state index >= 15 is 0 Å². The predicted molar refractivity (Wildman–Crippen MR) is 116 cm³/mol. The molecule has 0 bridgehead atoms. The van der Waals surface area contributed by atoms with Gasteiger partial charge in [-0.05, 0) is 39.7 Å². The van der Waals surface area contributed by atoms with E-state index in [1.807, 2.05) is 13.8 Å². The van der Waals surface area contributed by atoms with Gasteiger partial charge in [0, 0.05) is 6.42 Å². The number of hydrogen-bond acceptors (Lipinski definition) is 7. The van der Waals surface area contributed by atoms with Crippen molar-refractivity contribution in [3.63, 3.8) is 0 Å². The number of aryl methyl sites for hydroxylation is 2. The lowest BCUT2D eigenvalue weighted by Crippen LogP contribution is -2.17. The van der Waals surface area contributed by atoms with Gasteiger partial charge < -0.3 is 14.8 Å². The summed E-state index contributed by atoms with van der Waals surface area (Å²) in [5, 5.41) is 7.88. The maximum absolute atomic E-state index is 12.5. The van der Waals surface area contributed by atoms with Crippen molar-refractivity contribution in [1.29, 1.82) is 0 Å². The summed E-state index contributed by atoms with van der Waals surface area (Å²) in [4.78, 5) is 37.6. The smallest absolute Gasteiger partial charge is 0.348 e. The van der Waals surface area contributed by atoms with E-state index in [-0.39, 0.29) is 41.0 Å². The van der Waals surface area contributed by atoms with Crippen molar-refractivity contribution in [2.24, 2.45) is 0 Å². The molecule has 0 aromatic carbocycles. The third-order valence-electron chi connectivity index (χ3n) is 4.35. The molecule has 164 valence electrons. The molecule has 0 unspecified atom stereocenters. The normalized spacial score (nSPS) is 10.7. The van der Waals surface area contributed by atoms with Crippen molar-refractivity contribution in [1.82, 2.24) is 9.78 Å². The van der Waals surface area contributed by atoms with Crippen LogP contribution in [0.25, 0.3) is 0 Å². The standard InChI is InChI=1S/C20H26ClN3O5S/c1-6-10-29-19(26)15-11(3)17(20(27)28-7-2)30-18(15)22-14(25)8-9-24-13(5)16(21)12(4)23-24/h6-10H2,1-5H3,(H,22,25). The van der Waals surface area contributed by atoms with E-state index in [4.69, 9.17) is 21.1 Å². The number of nitrogens with zero attached hydrogens (tertiary/aromatic N) is 2. The molecule has 0 radical (unpaired) electrons. The minimum atomic E-state index is -0.582. The molecule has 1 N–H and O–H groups in total. The molecule has 0 fully saturated rings. The number of anilines is 1. The Balaban J connectivity index is 2.21. The number of halogens is 1. The summed E-state index contributed by atoms with van der Waals surface area (Å²) in [7, 11) is 0. The summed E-state index contributed by atoms with van der Waals surface area (Å²) in [6.45, 7) is 9.63. The summed E-state index contributed by atoms with van der Waals surface area (Å²) in [6.07, 6.45) is 0.778. The summed E-state index contributed by atoms with van der Waals surface area (Å²) in [5.41, 5.74) is 2.09. The van der Waals surface area contributed by atoms with Gasteiger partial charge in [0.15, 0.2) is 0 Å². The zero-order valence-electron chi connectivity index (χ0n) is 17.8. The van der Waals surface area contributed by atoms with E-state index in [2.05, 4.69) is 10.4 Å². The quantitative estimate of drug-likeness (QED) is 0.566. The molecule has 2 rings (SSSR count). The second kappa shape index (κ2) is 10.6. The van der Waals surface area contributed by atoms with Crippen LogP contribution in [0.15, 0.2) is 0 Å². The molecule has 0 spiro atoms. The van der Waals surface area contributed by atoms with E-state index in [0.29, 0.717) is 29.2 Å². The van der Waals surface area contributed by atoms with Crippen LogP contribution in [0.5, 0.6) is 0 Å². The van der Waals surface area contributed by atoms with E-state index in [9.17, 15) is 14.4 Å². The van der Waals surface area contributed by atoms with Gasteiger partial charge >= 0.3 is 11.9 Å². The van der Waals surface area contributed by atoms with E-state index in [1.54, 1.807) is 25.5 Å². The minimum absolute atomic E-state index is 0.118. The highest BCUT2D eigenvalue weighted by molar-refractivity contribution is 7.18. The van der Waals surface area contributed by atoms with Gasteiger partial charge in [0.05, 0.1) is 41.7 Å². The maximum atomic E-state index is 12.5. The van der Waals surface area contributed by atoms with Crippen LogP contribution >= 0.6 is 22.9 Å². The molecule has 2 heterocycles. The lowest BCUT2D eigenvalue weighted by molar-refractivity contribution is -0.116. The van der Waals surface area contributed by atoms with E-state index in [1.165, 1.54) is 0 Å². The first-order chi connectivity index (χ1) is 14.2. The largest absolute Gasteiger partial charge is 0.462 e. The molecule has 0 aliphatic carbocycles. The topological polar surface area (TPSA) is 99.5 Å². The van der Waals surface area contributed by atoms with Gasteiger partial charge in [0.25, 0.3) is 0 Å². The number of amides is 1. The van der Waals surface area contributed by atoms with Crippen molar-refractivity contribution in [3.05, 3.63) is 32.4 Å². The molecule has 30 heavy (non-hydrogen) atoms. The van der Waals surface area contributed by atoms with Crippen molar-refractivity contribution in [3.8, 4) is 0 Å². The molecule has 0 aliphatic heterocycles. The Morgan fingerprint density at radius 2 is 1.83 bits per heavy atom. The SMILES string of the molecule is CCCOC(=O)c1c(NC(=O)CCn2nc(C)c(Cl)c2C)sc(C(=O)OCC)c1C. The fraction of sp³-hybridized carbons (Fsp3) is 0.500. The molecular formula is C20H26ClN3O5S. The van der Waals surface area contributed by atoms with Crippen LogP contribution in [0.4, 0.5) is 5.00 Å². The monoisotopic (exact) mass is 455 g/mol. The van der Waals surface area contributed by atoms with Crippen LogP contribution < -0.4 is 5.32 Å². The number of thiophene rings is 1. The molecule has 0 saturated carbocycles. The van der Waals surface area contributed by atoms with E-state index in [0.717, 1.165) is 17.0 Å². The molecule has 1 amide bonds. The number of aromatic nitrogens is 2. The number of esters is 2. The fourth-order valence-corrected chi connectivity index (χ4v) is 4.04. The first-order valence-electron chi connectivity index (χ1n) is 9.68. The van der Waals surface area contributed by atoms with Gasteiger partial charge in [-0.25, -0.2) is 9.59 Å². The van der Waals surface area contributed by atoms with Gasteiger partial charge in [-0.3, -0.25) is 9.48 Å². The number of rotatable bonds is 9. The first kappa shape index (κ1) is 23.9. The third kappa shape index (κ3) is 5.40. The molecule has 8 nitrogen and oxygen atoms in total. The summed E-state index contributed by atoms with van der Waals surface area (Å²) in [5.74, 6) is -1.44. The predicted octanol–water partition coefficient (Wildman–Crippen LogP) is 4.30. The molecular weight excluding hydrogens is 430 g/mol. The highest BCUT2D eigenvalue weighted by atomic mass is 35.5. The summed E-state index contributed by atoms with van der Waals surface area (Å²) < 4.78 is 12.0. The lowest BCUT2D eigenvalue weighted by atomic mass is 10.1. The number of ether oxygens (including phenoxy) is 2. The van der Waals surface area contributed by atoms with Gasteiger partial charge in [-0.1, -0.05) is 18.5 Å². The minimum Gasteiger partial charge on any atom is -0.462 e. The summed E-state index contributed by atoms with van der Waals surface area (Å²) >= 11 is 7.14. The Morgan fingerprint density at radius 3 is 2.40 bits per heavy atom. The zero-order chi connectivity index (χ0) is 22.4. The third-order valence-corrected chi connectivity index (χ3v) is 6.08. The zero-order valence-corrected chi connectivity index (χ0v) is 19.3. The van der Waals surface area contributed by atoms with Crippen LogP contribution in [0.1, 0.15) is 63.7 Å². The second-order valence-electron chi connectivity index (χ2n) is 6.62. The Hall–Kier alpha value is -2.39. The Labute approximate surface area is 184 Å². The number of nitrogens with one attached hydrogen (secondary N) is 1. The summed E-state index contributed by atoms with van der Waals surface area (Å²) in [6, 6.07) is 0. The molecule has 10 heteroatoms. The maximum Gasteiger partial charge on any atom is 0.348 e. The highest BCUT2D eigenvalue weighted by Gasteiger charge is 2.27. The Morgan fingerprint density at radius 1 is 1.13 bits per heavy atom.